The van der Waals surface area contributed by atoms with Crippen LogP contribution in [0.3, 0.4) is 0 Å². The minimum absolute atomic E-state index is 0.0350. The molecule has 2 aromatic rings. The van der Waals surface area contributed by atoms with Crippen molar-refractivity contribution < 1.29 is 23.5 Å². The number of fused-ring (bicyclic) bond motifs is 1. The van der Waals surface area contributed by atoms with Crippen LogP contribution < -0.4 is 4.74 Å². The van der Waals surface area contributed by atoms with E-state index in [0.29, 0.717) is 31.7 Å². The standard InChI is InChI=1S/C21H20FNO4/c22-16-7-4-8-18-19(16)17(24)13-21(27-18)9-11-23(12-10-21)20(25)26-14-15-5-2-1-3-6-15/h1-8H,9-14H2. The van der Waals surface area contributed by atoms with Gasteiger partial charge in [-0.2, -0.15) is 0 Å². The number of benzene rings is 2. The smallest absolute Gasteiger partial charge is 0.410 e. The third-order valence-electron chi connectivity index (χ3n) is 5.20. The summed E-state index contributed by atoms with van der Waals surface area (Å²) in [6.07, 6.45) is 0.778. The minimum Gasteiger partial charge on any atom is -0.486 e. The average molecular weight is 369 g/mol. The third kappa shape index (κ3) is 3.52. The molecule has 6 heteroatoms. The van der Waals surface area contributed by atoms with Gasteiger partial charge in [-0.3, -0.25) is 4.79 Å². The van der Waals surface area contributed by atoms with Gasteiger partial charge in [0.2, 0.25) is 0 Å². The molecule has 2 aliphatic heterocycles. The van der Waals surface area contributed by atoms with Crippen molar-refractivity contribution in [2.45, 2.75) is 31.5 Å². The Morgan fingerprint density at radius 1 is 1.11 bits per heavy atom. The Kier molecular flexibility index (Phi) is 4.56. The van der Waals surface area contributed by atoms with Crippen molar-refractivity contribution in [3.8, 4) is 5.75 Å². The van der Waals surface area contributed by atoms with Gasteiger partial charge in [0.25, 0.3) is 0 Å². The Bertz CT molecular complexity index is 860. The highest BCUT2D eigenvalue weighted by Crippen LogP contribution is 2.40. The van der Waals surface area contributed by atoms with Gasteiger partial charge in [-0.15, -0.1) is 0 Å². The molecule has 1 spiro atoms. The zero-order chi connectivity index (χ0) is 18.9. The Labute approximate surface area is 156 Å². The van der Waals surface area contributed by atoms with Crippen LogP contribution in [0.5, 0.6) is 5.75 Å². The molecule has 0 radical (unpaired) electrons. The van der Waals surface area contributed by atoms with Gasteiger partial charge >= 0.3 is 6.09 Å². The Morgan fingerprint density at radius 2 is 1.85 bits per heavy atom. The summed E-state index contributed by atoms with van der Waals surface area (Å²) in [4.78, 5) is 26.4. The maximum atomic E-state index is 13.9. The number of Topliss-reactive ketones (excluding diaryl/α,β-unsaturated/α-hetero) is 1. The van der Waals surface area contributed by atoms with Gasteiger partial charge in [0.1, 0.15) is 23.8 Å². The molecule has 2 aliphatic rings. The summed E-state index contributed by atoms with van der Waals surface area (Å²) in [5, 5.41) is 0. The van der Waals surface area contributed by atoms with E-state index in [-0.39, 0.29) is 30.5 Å². The van der Waals surface area contributed by atoms with E-state index in [0.717, 1.165) is 5.56 Å². The molecule has 0 N–H and O–H groups in total. The summed E-state index contributed by atoms with van der Waals surface area (Å²) in [7, 11) is 0. The van der Waals surface area contributed by atoms with Gasteiger partial charge < -0.3 is 14.4 Å². The number of amides is 1. The van der Waals surface area contributed by atoms with Crippen molar-refractivity contribution in [1.82, 2.24) is 4.90 Å². The van der Waals surface area contributed by atoms with Crippen LogP contribution in [0.15, 0.2) is 48.5 Å². The van der Waals surface area contributed by atoms with Crippen LogP contribution in [-0.4, -0.2) is 35.5 Å². The van der Waals surface area contributed by atoms with E-state index in [1.165, 1.54) is 12.1 Å². The van der Waals surface area contributed by atoms with Crippen molar-refractivity contribution in [2.24, 2.45) is 0 Å². The summed E-state index contributed by atoms with van der Waals surface area (Å²) < 4.78 is 25.3. The van der Waals surface area contributed by atoms with Gasteiger partial charge in [-0.05, 0) is 17.7 Å². The first-order valence-corrected chi connectivity index (χ1v) is 9.03. The van der Waals surface area contributed by atoms with Crippen LogP contribution in [0.4, 0.5) is 9.18 Å². The lowest BCUT2D eigenvalue weighted by molar-refractivity contribution is -0.0103. The molecule has 1 fully saturated rings. The van der Waals surface area contributed by atoms with Crippen molar-refractivity contribution in [3.05, 3.63) is 65.5 Å². The van der Waals surface area contributed by atoms with Gasteiger partial charge in [-0.1, -0.05) is 36.4 Å². The van der Waals surface area contributed by atoms with Gasteiger partial charge in [0.15, 0.2) is 5.78 Å². The molecular weight excluding hydrogens is 349 g/mol. The van der Waals surface area contributed by atoms with Crippen LogP contribution in [0.25, 0.3) is 0 Å². The van der Waals surface area contributed by atoms with E-state index in [9.17, 15) is 14.0 Å². The summed E-state index contributed by atoms with van der Waals surface area (Å²) in [6, 6.07) is 13.9. The highest BCUT2D eigenvalue weighted by Gasteiger charge is 2.44. The molecule has 5 nitrogen and oxygen atoms in total. The van der Waals surface area contributed by atoms with Crippen LogP contribution in [0, 0.1) is 5.82 Å². The number of halogens is 1. The number of likely N-dealkylation sites (tertiary alicyclic amines) is 1. The number of hydrogen-bond acceptors (Lipinski definition) is 4. The van der Waals surface area contributed by atoms with Crippen LogP contribution >= 0.6 is 0 Å². The van der Waals surface area contributed by atoms with E-state index in [1.807, 2.05) is 30.3 Å². The minimum atomic E-state index is -0.673. The normalized spacial score (nSPS) is 18.0. The number of rotatable bonds is 2. The van der Waals surface area contributed by atoms with Crippen LogP contribution in [-0.2, 0) is 11.3 Å². The summed E-state index contributed by atoms with van der Waals surface area (Å²) in [5.74, 6) is -0.491. The summed E-state index contributed by atoms with van der Waals surface area (Å²) in [5.41, 5.74) is 0.292. The molecule has 2 heterocycles. The van der Waals surface area contributed by atoms with Crippen LogP contribution in [0.2, 0.25) is 0 Å². The Balaban J connectivity index is 1.37. The number of carbonyl (C=O) groups is 2. The lowest BCUT2D eigenvalue weighted by Crippen LogP contribution is -2.52. The first kappa shape index (κ1) is 17.5. The molecule has 140 valence electrons. The lowest BCUT2D eigenvalue weighted by Gasteiger charge is -2.43. The second-order valence-electron chi connectivity index (χ2n) is 7.03. The number of ether oxygens (including phenoxy) is 2. The maximum Gasteiger partial charge on any atom is 0.410 e. The largest absolute Gasteiger partial charge is 0.486 e. The zero-order valence-electron chi connectivity index (χ0n) is 14.8. The lowest BCUT2D eigenvalue weighted by atomic mass is 9.82. The second kappa shape index (κ2) is 7.02. The van der Waals surface area contributed by atoms with Crippen LogP contribution in [0.1, 0.15) is 35.2 Å². The number of nitrogens with zero attached hydrogens (tertiary/aromatic N) is 1. The number of ketones is 1. The molecule has 0 aromatic heterocycles. The van der Waals surface area contributed by atoms with E-state index < -0.39 is 11.4 Å². The molecular formula is C21H20FNO4. The molecule has 0 unspecified atom stereocenters. The molecule has 0 bridgehead atoms. The summed E-state index contributed by atoms with van der Waals surface area (Å²) >= 11 is 0. The first-order valence-electron chi connectivity index (χ1n) is 9.03. The van der Waals surface area contributed by atoms with Crippen molar-refractivity contribution in [1.29, 1.82) is 0 Å². The fourth-order valence-electron chi connectivity index (χ4n) is 3.70. The number of carbonyl (C=O) groups excluding carboxylic acids is 2. The van der Waals surface area contributed by atoms with E-state index in [2.05, 4.69) is 0 Å². The number of hydrogen-bond donors (Lipinski definition) is 0. The summed E-state index contributed by atoms with van der Waals surface area (Å²) in [6.45, 7) is 1.10. The zero-order valence-corrected chi connectivity index (χ0v) is 14.8. The predicted octanol–water partition coefficient (Wildman–Crippen LogP) is 3.96. The Hall–Kier alpha value is -2.89. The first-order chi connectivity index (χ1) is 13.1. The molecule has 0 saturated carbocycles. The van der Waals surface area contributed by atoms with Crippen molar-refractivity contribution in [3.63, 3.8) is 0 Å². The SMILES string of the molecule is O=C1CC2(CCN(C(=O)OCc3ccccc3)CC2)Oc2cccc(F)c21. The third-order valence-corrected chi connectivity index (χ3v) is 5.20. The van der Waals surface area contributed by atoms with E-state index in [1.54, 1.807) is 11.0 Å². The molecule has 1 saturated heterocycles. The van der Waals surface area contributed by atoms with E-state index >= 15 is 0 Å². The monoisotopic (exact) mass is 369 g/mol. The van der Waals surface area contributed by atoms with Crippen molar-refractivity contribution >= 4 is 11.9 Å². The van der Waals surface area contributed by atoms with Crippen molar-refractivity contribution in [2.75, 3.05) is 13.1 Å². The van der Waals surface area contributed by atoms with E-state index in [4.69, 9.17) is 9.47 Å². The molecule has 2 aromatic carbocycles. The quantitative estimate of drug-likeness (QED) is 0.804. The topological polar surface area (TPSA) is 55.8 Å². The molecule has 4 rings (SSSR count). The number of piperidine rings is 1. The van der Waals surface area contributed by atoms with Gasteiger partial charge in [-0.25, -0.2) is 9.18 Å². The molecule has 27 heavy (non-hydrogen) atoms. The fourth-order valence-corrected chi connectivity index (χ4v) is 3.70. The maximum absolute atomic E-state index is 13.9. The molecule has 0 atom stereocenters. The van der Waals surface area contributed by atoms with Gasteiger partial charge in [0, 0.05) is 25.9 Å². The Morgan fingerprint density at radius 3 is 2.59 bits per heavy atom. The predicted molar refractivity (Wildman–Crippen MR) is 96.1 cm³/mol. The van der Waals surface area contributed by atoms with Gasteiger partial charge in [0.05, 0.1) is 12.0 Å². The highest BCUT2D eigenvalue weighted by molar-refractivity contribution is 6.00. The highest BCUT2D eigenvalue weighted by atomic mass is 19.1. The second-order valence-corrected chi connectivity index (χ2v) is 7.03. The fraction of sp³-hybridized carbons (Fsp3) is 0.333. The molecule has 0 aliphatic carbocycles. The molecule has 1 amide bonds. The average Bonchev–Trinajstić information content (AvgIpc) is 2.67.